The van der Waals surface area contributed by atoms with E-state index >= 15 is 0 Å². The highest BCUT2D eigenvalue weighted by atomic mass is 16.5. The number of carbonyl (C=O) groups excluding carboxylic acids is 2. The highest BCUT2D eigenvalue weighted by Gasteiger charge is 2.32. The van der Waals surface area contributed by atoms with E-state index in [0.717, 1.165) is 13.1 Å². The normalized spacial score (nSPS) is 21.3. The van der Waals surface area contributed by atoms with Crippen molar-refractivity contribution < 1.29 is 14.3 Å². The lowest BCUT2D eigenvalue weighted by Gasteiger charge is -2.41. The highest BCUT2D eigenvalue weighted by Crippen LogP contribution is 2.10. The van der Waals surface area contributed by atoms with Gasteiger partial charge in [-0.2, -0.15) is 0 Å². The highest BCUT2D eigenvalue weighted by molar-refractivity contribution is 5.81. The number of ether oxygens (including phenoxy) is 1. The first kappa shape index (κ1) is 14.3. The average molecular weight is 269 g/mol. The summed E-state index contributed by atoms with van der Waals surface area (Å²) < 4.78 is 5.25. The van der Waals surface area contributed by atoms with E-state index in [1.54, 1.807) is 4.90 Å². The number of nitrogens with zero attached hydrogens (tertiary/aromatic N) is 2. The molecule has 2 aliphatic heterocycles. The second kappa shape index (κ2) is 6.34. The van der Waals surface area contributed by atoms with Crippen LogP contribution in [0, 0.1) is 5.92 Å². The van der Waals surface area contributed by atoms with Crippen LogP contribution >= 0.6 is 0 Å². The average Bonchev–Trinajstić information content (AvgIpc) is 2.33. The lowest BCUT2D eigenvalue weighted by Crippen LogP contribution is -2.63. The molecule has 19 heavy (non-hydrogen) atoms. The first-order valence-electron chi connectivity index (χ1n) is 6.94. The largest absolute Gasteiger partial charge is 0.379 e. The van der Waals surface area contributed by atoms with Crippen LogP contribution < -0.4 is 5.32 Å². The standard InChI is InChI=1S/C13H23N3O3/c1-10(2)13(18)14-11-7-16(8-11)12(17)9-15-3-5-19-6-4-15/h10-11H,3-9H2,1-2H3,(H,14,18). The van der Waals surface area contributed by atoms with Crippen molar-refractivity contribution in [1.29, 1.82) is 0 Å². The predicted octanol–water partition coefficient (Wildman–Crippen LogP) is -0.698. The van der Waals surface area contributed by atoms with E-state index in [1.165, 1.54) is 0 Å². The number of nitrogens with one attached hydrogen (secondary N) is 1. The molecule has 0 aromatic carbocycles. The molecule has 0 bridgehead atoms. The summed E-state index contributed by atoms with van der Waals surface area (Å²) in [7, 11) is 0. The molecule has 2 saturated heterocycles. The topological polar surface area (TPSA) is 61.9 Å². The lowest BCUT2D eigenvalue weighted by molar-refractivity contribution is -0.140. The Morgan fingerprint density at radius 1 is 1.26 bits per heavy atom. The van der Waals surface area contributed by atoms with Gasteiger partial charge in [0.2, 0.25) is 11.8 Å². The minimum absolute atomic E-state index is 0.00176. The first-order chi connectivity index (χ1) is 9.06. The van der Waals surface area contributed by atoms with Crippen molar-refractivity contribution in [2.24, 2.45) is 5.92 Å². The molecule has 0 saturated carbocycles. The Balaban J connectivity index is 1.65. The molecule has 2 amide bonds. The van der Waals surface area contributed by atoms with Crippen molar-refractivity contribution in [3.63, 3.8) is 0 Å². The zero-order valence-electron chi connectivity index (χ0n) is 11.7. The Bertz CT molecular complexity index is 334. The number of amides is 2. The van der Waals surface area contributed by atoms with Crippen LogP contribution in [-0.2, 0) is 14.3 Å². The Hall–Kier alpha value is -1.14. The maximum Gasteiger partial charge on any atom is 0.236 e. The van der Waals surface area contributed by atoms with Crippen LogP contribution in [0.1, 0.15) is 13.8 Å². The van der Waals surface area contributed by atoms with Crippen molar-refractivity contribution in [2.45, 2.75) is 19.9 Å². The molecule has 2 aliphatic rings. The molecule has 2 rings (SSSR count). The van der Waals surface area contributed by atoms with E-state index in [-0.39, 0.29) is 23.8 Å². The van der Waals surface area contributed by atoms with Crippen LogP contribution in [-0.4, -0.2) is 73.6 Å². The number of morpholine rings is 1. The van der Waals surface area contributed by atoms with Gasteiger partial charge in [-0.05, 0) is 0 Å². The second-order valence-electron chi connectivity index (χ2n) is 5.55. The molecule has 0 atom stereocenters. The molecular formula is C13H23N3O3. The van der Waals surface area contributed by atoms with Crippen molar-refractivity contribution in [3.8, 4) is 0 Å². The minimum Gasteiger partial charge on any atom is -0.379 e. The van der Waals surface area contributed by atoms with E-state index < -0.39 is 0 Å². The Labute approximate surface area is 114 Å². The smallest absolute Gasteiger partial charge is 0.236 e. The number of carbonyl (C=O) groups is 2. The zero-order valence-corrected chi connectivity index (χ0v) is 11.7. The summed E-state index contributed by atoms with van der Waals surface area (Å²) in [4.78, 5) is 27.4. The molecule has 0 aromatic rings. The van der Waals surface area contributed by atoms with Crippen molar-refractivity contribution in [2.75, 3.05) is 45.9 Å². The third-order valence-corrected chi connectivity index (χ3v) is 3.57. The molecule has 6 heteroatoms. The quantitative estimate of drug-likeness (QED) is 0.733. The second-order valence-corrected chi connectivity index (χ2v) is 5.55. The van der Waals surface area contributed by atoms with Gasteiger partial charge in [-0.15, -0.1) is 0 Å². The van der Waals surface area contributed by atoms with Gasteiger partial charge >= 0.3 is 0 Å². The van der Waals surface area contributed by atoms with E-state index in [9.17, 15) is 9.59 Å². The summed E-state index contributed by atoms with van der Waals surface area (Å²) >= 11 is 0. The van der Waals surface area contributed by atoms with Crippen molar-refractivity contribution in [3.05, 3.63) is 0 Å². The molecule has 0 aliphatic carbocycles. The van der Waals surface area contributed by atoms with Crippen molar-refractivity contribution in [1.82, 2.24) is 15.1 Å². The van der Waals surface area contributed by atoms with Crippen LogP contribution in [0.4, 0.5) is 0 Å². The minimum atomic E-state index is -0.00176. The number of likely N-dealkylation sites (tertiary alicyclic amines) is 1. The zero-order chi connectivity index (χ0) is 13.8. The summed E-state index contributed by atoms with van der Waals surface area (Å²) in [6.07, 6.45) is 0. The van der Waals surface area contributed by atoms with Gasteiger partial charge in [-0.1, -0.05) is 13.8 Å². The van der Waals surface area contributed by atoms with E-state index in [0.29, 0.717) is 32.8 Å². The van der Waals surface area contributed by atoms with E-state index in [2.05, 4.69) is 10.2 Å². The maximum absolute atomic E-state index is 12.0. The fraction of sp³-hybridized carbons (Fsp3) is 0.846. The van der Waals surface area contributed by atoms with Crippen LogP contribution in [0.25, 0.3) is 0 Å². The van der Waals surface area contributed by atoms with Gasteiger partial charge in [0, 0.05) is 32.1 Å². The Morgan fingerprint density at radius 2 is 1.89 bits per heavy atom. The summed E-state index contributed by atoms with van der Waals surface area (Å²) in [6.45, 7) is 8.56. The summed E-state index contributed by atoms with van der Waals surface area (Å²) in [5.41, 5.74) is 0. The van der Waals surface area contributed by atoms with Crippen molar-refractivity contribution >= 4 is 11.8 Å². The van der Waals surface area contributed by atoms with Crippen LogP contribution in [0.2, 0.25) is 0 Å². The van der Waals surface area contributed by atoms with Gasteiger partial charge in [0.15, 0.2) is 0 Å². The van der Waals surface area contributed by atoms with E-state index in [4.69, 9.17) is 4.74 Å². The molecule has 0 unspecified atom stereocenters. The van der Waals surface area contributed by atoms with Gasteiger partial charge in [0.1, 0.15) is 0 Å². The Kier molecular flexibility index (Phi) is 4.76. The number of rotatable bonds is 4. The number of hydrogen-bond acceptors (Lipinski definition) is 4. The van der Waals surface area contributed by atoms with E-state index in [1.807, 2.05) is 13.8 Å². The SMILES string of the molecule is CC(C)C(=O)NC1CN(C(=O)CN2CCOCC2)C1. The molecule has 2 heterocycles. The lowest BCUT2D eigenvalue weighted by atomic mass is 10.1. The molecule has 0 aromatic heterocycles. The molecule has 108 valence electrons. The molecule has 6 nitrogen and oxygen atoms in total. The van der Waals surface area contributed by atoms with Gasteiger partial charge in [-0.25, -0.2) is 0 Å². The van der Waals surface area contributed by atoms with Gasteiger partial charge in [0.25, 0.3) is 0 Å². The van der Waals surface area contributed by atoms with Gasteiger partial charge in [-0.3, -0.25) is 14.5 Å². The predicted molar refractivity (Wildman–Crippen MR) is 70.6 cm³/mol. The fourth-order valence-electron chi connectivity index (χ4n) is 2.19. The van der Waals surface area contributed by atoms with Gasteiger partial charge in [0.05, 0.1) is 25.8 Å². The molecule has 0 radical (unpaired) electrons. The Morgan fingerprint density at radius 3 is 2.47 bits per heavy atom. The summed E-state index contributed by atoms with van der Waals surface area (Å²) in [5.74, 6) is 0.209. The third kappa shape index (κ3) is 3.91. The van der Waals surface area contributed by atoms with Gasteiger partial charge < -0.3 is 15.0 Å². The maximum atomic E-state index is 12.0. The molecule has 0 spiro atoms. The van der Waals surface area contributed by atoms with Crippen LogP contribution in [0.3, 0.4) is 0 Å². The third-order valence-electron chi connectivity index (χ3n) is 3.57. The monoisotopic (exact) mass is 269 g/mol. The molecule has 2 fully saturated rings. The summed E-state index contributed by atoms with van der Waals surface area (Å²) in [5, 5.41) is 2.94. The molecule has 1 N–H and O–H groups in total. The molecular weight excluding hydrogens is 246 g/mol. The summed E-state index contributed by atoms with van der Waals surface area (Å²) in [6, 6.07) is 0.128. The van der Waals surface area contributed by atoms with Crippen LogP contribution in [0.15, 0.2) is 0 Å². The van der Waals surface area contributed by atoms with Crippen LogP contribution in [0.5, 0.6) is 0 Å². The first-order valence-corrected chi connectivity index (χ1v) is 6.94. The number of hydrogen-bond donors (Lipinski definition) is 1. The fourth-order valence-corrected chi connectivity index (χ4v) is 2.19.